The first-order valence-electron chi connectivity index (χ1n) is 11.4. The molecule has 3 N–H and O–H groups in total. The van der Waals surface area contributed by atoms with Gasteiger partial charge in [-0.15, -0.1) is 11.3 Å². The van der Waals surface area contributed by atoms with Gasteiger partial charge in [0.2, 0.25) is 0 Å². The normalized spacial score (nSPS) is 13.7. The molecule has 1 fully saturated rings. The first-order valence-corrected chi connectivity index (χ1v) is 12.3. The number of H-pyrrole nitrogens is 1. The number of benzene rings is 2. The number of morpholine rings is 1. The molecule has 4 aromatic rings. The molecule has 2 amide bonds. The Morgan fingerprint density at radius 2 is 1.68 bits per heavy atom. The van der Waals surface area contributed by atoms with E-state index < -0.39 is 17.8 Å². The van der Waals surface area contributed by atoms with E-state index in [4.69, 9.17) is 4.74 Å². The van der Waals surface area contributed by atoms with Crippen LogP contribution in [0.15, 0.2) is 54.9 Å². The minimum Gasteiger partial charge on any atom is -0.378 e. The second-order valence-corrected chi connectivity index (χ2v) is 9.26. The Labute approximate surface area is 218 Å². The number of alkyl halides is 3. The number of anilines is 3. The lowest BCUT2D eigenvalue weighted by Crippen LogP contribution is -2.36. The highest BCUT2D eigenvalue weighted by Gasteiger charge is 2.30. The van der Waals surface area contributed by atoms with Gasteiger partial charge in [0.25, 0.3) is 0 Å². The predicted octanol–water partition coefficient (Wildman–Crippen LogP) is 5.57. The summed E-state index contributed by atoms with van der Waals surface area (Å²) in [4.78, 5) is 19.6. The number of ether oxygens (including phenoxy) is 1. The highest BCUT2D eigenvalue weighted by molar-refractivity contribution is 7.20. The van der Waals surface area contributed by atoms with Crippen LogP contribution in [0.2, 0.25) is 0 Å². The van der Waals surface area contributed by atoms with Gasteiger partial charge in [-0.3, -0.25) is 5.10 Å². The summed E-state index contributed by atoms with van der Waals surface area (Å²) in [5.41, 5.74) is 1.85. The van der Waals surface area contributed by atoms with Crippen LogP contribution in [0.25, 0.3) is 21.8 Å². The number of thiophene rings is 1. The fourth-order valence-electron chi connectivity index (χ4n) is 4.03. The molecule has 0 radical (unpaired) electrons. The van der Waals surface area contributed by atoms with Crippen molar-refractivity contribution in [1.82, 2.24) is 15.2 Å². The number of amides is 2. The Morgan fingerprint density at radius 1 is 1.05 bits per heavy atom. The number of aromatic amines is 1. The van der Waals surface area contributed by atoms with Gasteiger partial charge in [0.15, 0.2) is 5.82 Å². The molecule has 0 unspecified atom stereocenters. The lowest BCUT2D eigenvalue weighted by Gasteiger charge is -2.27. The maximum absolute atomic E-state index is 12.7. The molecule has 1 aliphatic rings. The lowest BCUT2D eigenvalue weighted by molar-refractivity contribution is -0.137. The van der Waals surface area contributed by atoms with Crippen molar-refractivity contribution in [2.75, 3.05) is 41.8 Å². The summed E-state index contributed by atoms with van der Waals surface area (Å²) in [5, 5.41) is 22.9. The number of halogens is 3. The predicted molar refractivity (Wildman–Crippen MR) is 137 cm³/mol. The highest BCUT2D eigenvalue weighted by atomic mass is 32.1. The van der Waals surface area contributed by atoms with Gasteiger partial charge in [-0.25, -0.2) is 9.78 Å². The van der Waals surface area contributed by atoms with E-state index >= 15 is 0 Å². The van der Waals surface area contributed by atoms with Gasteiger partial charge in [-0.2, -0.15) is 23.5 Å². The van der Waals surface area contributed by atoms with Crippen LogP contribution in [0.5, 0.6) is 0 Å². The summed E-state index contributed by atoms with van der Waals surface area (Å²) in [6.45, 7) is 2.48. The van der Waals surface area contributed by atoms with Crippen LogP contribution in [0.3, 0.4) is 0 Å². The van der Waals surface area contributed by atoms with Crippen molar-refractivity contribution < 1.29 is 22.7 Å². The Balaban J connectivity index is 1.37. The molecular formula is C25H20F3N7O2S. The minimum atomic E-state index is -4.45. The summed E-state index contributed by atoms with van der Waals surface area (Å²) >= 11 is 1.45. The summed E-state index contributed by atoms with van der Waals surface area (Å²) in [5.74, 6) is 0.541. The van der Waals surface area contributed by atoms with Crippen molar-refractivity contribution in [3.05, 3.63) is 66.0 Å². The Morgan fingerprint density at radius 3 is 2.24 bits per heavy atom. The van der Waals surface area contributed by atoms with Gasteiger partial charge in [0, 0.05) is 30.0 Å². The molecule has 1 saturated heterocycles. The molecule has 2 aromatic carbocycles. The van der Waals surface area contributed by atoms with E-state index in [-0.39, 0.29) is 5.69 Å². The van der Waals surface area contributed by atoms with Crippen LogP contribution in [0.1, 0.15) is 11.1 Å². The lowest BCUT2D eigenvalue weighted by atomic mass is 10.0. The minimum absolute atomic E-state index is 0.219. The molecule has 13 heteroatoms. The van der Waals surface area contributed by atoms with Gasteiger partial charge >= 0.3 is 12.2 Å². The van der Waals surface area contributed by atoms with Crippen LogP contribution in [0, 0.1) is 11.3 Å². The van der Waals surface area contributed by atoms with Gasteiger partial charge < -0.3 is 20.3 Å². The van der Waals surface area contributed by atoms with Crippen molar-refractivity contribution in [3.8, 4) is 27.9 Å². The molecule has 2 aromatic heterocycles. The summed E-state index contributed by atoms with van der Waals surface area (Å²) in [7, 11) is 0. The van der Waals surface area contributed by atoms with Crippen molar-refractivity contribution >= 4 is 33.7 Å². The second kappa shape index (κ2) is 10.5. The van der Waals surface area contributed by atoms with E-state index in [9.17, 15) is 23.2 Å². The average molecular weight is 540 g/mol. The van der Waals surface area contributed by atoms with Crippen LogP contribution in [-0.2, 0) is 10.9 Å². The van der Waals surface area contributed by atoms with Crippen molar-refractivity contribution in [2.45, 2.75) is 6.18 Å². The summed E-state index contributed by atoms with van der Waals surface area (Å²) in [6.07, 6.45) is -3.05. The number of aromatic nitrogens is 3. The molecule has 9 nitrogen and oxygen atoms in total. The quantitative estimate of drug-likeness (QED) is 0.305. The molecule has 0 atom stereocenters. The molecule has 0 spiro atoms. The van der Waals surface area contributed by atoms with Crippen LogP contribution in [0.4, 0.5) is 34.3 Å². The summed E-state index contributed by atoms with van der Waals surface area (Å²) < 4.78 is 43.7. The van der Waals surface area contributed by atoms with Gasteiger partial charge in [-0.1, -0.05) is 12.1 Å². The number of nitriles is 1. The molecule has 5 rings (SSSR count). The largest absolute Gasteiger partial charge is 0.416 e. The molecule has 0 bridgehead atoms. The topological polar surface area (TPSA) is 119 Å². The number of carbonyl (C=O) groups excluding carboxylic acids is 1. The average Bonchev–Trinajstić information content (AvgIpc) is 3.57. The molecule has 1 aliphatic heterocycles. The van der Waals surface area contributed by atoms with Gasteiger partial charge in [-0.05, 0) is 42.0 Å². The zero-order valence-electron chi connectivity index (χ0n) is 19.7. The first kappa shape index (κ1) is 25.2. The molecular weight excluding hydrogens is 519 g/mol. The molecule has 3 heterocycles. The van der Waals surface area contributed by atoms with E-state index in [2.05, 4.69) is 36.8 Å². The third-order valence-electron chi connectivity index (χ3n) is 5.83. The Bertz CT molecular complexity index is 1460. The van der Waals surface area contributed by atoms with E-state index in [1.54, 1.807) is 24.3 Å². The number of hydrogen-bond acceptors (Lipinski definition) is 7. The van der Waals surface area contributed by atoms with Crippen molar-refractivity contribution in [1.29, 1.82) is 5.26 Å². The van der Waals surface area contributed by atoms with E-state index in [0.29, 0.717) is 48.9 Å². The van der Waals surface area contributed by atoms with Crippen molar-refractivity contribution in [3.63, 3.8) is 0 Å². The van der Waals surface area contributed by atoms with Crippen LogP contribution in [-0.4, -0.2) is 47.5 Å². The standard InChI is InChI=1S/C25H20F3N7O2S/c26-25(27,28)16-3-7-18(8-4-16)33-24(36)32-17-5-1-15(2-6-17)20-19(13-29)23(35-9-11-37-12-10-35)38-21(20)22-30-14-31-34-22/h1-8,14H,9-12H2,(H,30,31,34)(H2,32,33,36). The number of hydrogen-bond donors (Lipinski definition) is 3. The molecule has 0 aliphatic carbocycles. The maximum atomic E-state index is 12.7. The first-order chi connectivity index (χ1) is 18.3. The van der Waals surface area contributed by atoms with Crippen molar-refractivity contribution in [2.24, 2.45) is 0 Å². The fraction of sp³-hybridized carbons (Fsp3) is 0.200. The number of nitrogens with zero attached hydrogens (tertiary/aromatic N) is 4. The zero-order chi connectivity index (χ0) is 26.7. The number of nitrogens with one attached hydrogen (secondary N) is 3. The smallest absolute Gasteiger partial charge is 0.378 e. The third-order valence-corrected chi connectivity index (χ3v) is 7.09. The van der Waals surface area contributed by atoms with Gasteiger partial charge in [0.1, 0.15) is 17.4 Å². The number of carbonyl (C=O) groups is 1. The van der Waals surface area contributed by atoms with E-state index in [0.717, 1.165) is 27.6 Å². The van der Waals surface area contributed by atoms with E-state index in [1.165, 1.54) is 29.8 Å². The Hall–Kier alpha value is -4.41. The second-order valence-electron chi connectivity index (χ2n) is 8.26. The maximum Gasteiger partial charge on any atom is 0.416 e. The third kappa shape index (κ3) is 5.31. The Kier molecular flexibility index (Phi) is 6.99. The highest BCUT2D eigenvalue weighted by Crippen LogP contribution is 2.46. The molecule has 38 heavy (non-hydrogen) atoms. The zero-order valence-corrected chi connectivity index (χ0v) is 20.5. The number of rotatable bonds is 5. The van der Waals surface area contributed by atoms with Crippen LogP contribution < -0.4 is 15.5 Å². The molecule has 0 saturated carbocycles. The fourth-order valence-corrected chi connectivity index (χ4v) is 5.30. The monoisotopic (exact) mass is 539 g/mol. The van der Waals surface area contributed by atoms with Crippen LogP contribution >= 0.6 is 11.3 Å². The van der Waals surface area contributed by atoms with Gasteiger partial charge in [0.05, 0.1) is 29.2 Å². The SMILES string of the molecule is N#Cc1c(N2CCOCC2)sc(-c2ncn[nH]2)c1-c1ccc(NC(=O)Nc2ccc(C(F)(F)F)cc2)cc1. The van der Waals surface area contributed by atoms with E-state index in [1.807, 2.05) is 0 Å². The number of urea groups is 1. The summed E-state index contributed by atoms with van der Waals surface area (Å²) in [6, 6.07) is 12.8. The molecule has 194 valence electrons.